The summed E-state index contributed by atoms with van der Waals surface area (Å²) in [5, 5.41) is 3.12. The average molecular weight is 357 g/mol. The van der Waals surface area contributed by atoms with Crippen LogP contribution in [0.4, 0.5) is 0 Å². The lowest BCUT2D eigenvalue weighted by atomic mass is 9.94. The summed E-state index contributed by atoms with van der Waals surface area (Å²) in [4.78, 5) is 12.8. The molecular weight excluding hydrogens is 334 g/mol. The van der Waals surface area contributed by atoms with Gasteiger partial charge in [-0.1, -0.05) is 55.0 Å². The van der Waals surface area contributed by atoms with Crippen molar-refractivity contribution in [2.45, 2.75) is 42.5 Å². The number of carbonyl (C=O) groups excluding carboxylic acids is 1. The van der Waals surface area contributed by atoms with Crippen LogP contribution in [-0.2, 0) is 21.1 Å². The van der Waals surface area contributed by atoms with Crippen molar-refractivity contribution in [3.8, 4) is 0 Å². The summed E-state index contributed by atoms with van der Waals surface area (Å²) >= 11 is 0. The Labute approximate surface area is 149 Å². The van der Waals surface area contributed by atoms with Gasteiger partial charge in [0.2, 0.25) is 5.91 Å². The Hall–Kier alpha value is -2.14. The fraction of sp³-hybridized carbons (Fsp3) is 0.350. The first-order valence-electron chi connectivity index (χ1n) is 8.57. The summed E-state index contributed by atoms with van der Waals surface area (Å²) in [6.07, 6.45) is 4.37. The third-order valence-electron chi connectivity index (χ3n) is 4.81. The molecule has 2 atom stereocenters. The molecular formula is C20H23NO3S. The van der Waals surface area contributed by atoms with Crippen molar-refractivity contribution in [3.63, 3.8) is 0 Å². The van der Waals surface area contributed by atoms with E-state index >= 15 is 0 Å². The van der Waals surface area contributed by atoms with Crippen LogP contribution in [0, 0.1) is 0 Å². The van der Waals surface area contributed by atoms with E-state index < -0.39 is 9.84 Å². The second-order valence-electron chi connectivity index (χ2n) is 6.68. The second-order valence-corrected chi connectivity index (χ2v) is 8.66. The summed E-state index contributed by atoms with van der Waals surface area (Å²) in [5.74, 6) is 0.208. The molecule has 0 aromatic heterocycles. The van der Waals surface area contributed by atoms with Gasteiger partial charge >= 0.3 is 0 Å². The molecule has 2 aromatic rings. The van der Waals surface area contributed by atoms with Crippen LogP contribution in [0.2, 0.25) is 0 Å². The third kappa shape index (κ3) is 4.28. The number of nitrogens with one attached hydrogen (secondary N) is 1. The standard InChI is InChI=1S/C20H23NO3S/c1-25(23,24)19-13-6-5-10-16(19)14-20(22)21-18-12-7-11-17(18)15-8-3-2-4-9-15/h2-6,8-10,13,17-18H,7,11-12,14H2,1H3,(H,21,22). The minimum Gasteiger partial charge on any atom is -0.352 e. The molecule has 0 bridgehead atoms. The van der Waals surface area contributed by atoms with Crippen molar-refractivity contribution in [2.24, 2.45) is 0 Å². The number of rotatable bonds is 5. The predicted molar refractivity (Wildman–Crippen MR) is 98.2 cm³/mol. The Morgan fingerprint density at radius 2 is 1.72 bits per heavy atom. The number of hydrogen-bond donors (Lipinski definition) is 1. The van der Waals surface area contributed by atoms with Crippen LogP contribution in [0.25, 0.3) is 0 Å². The molecule has 1 amide bonds. The number of sulfone groups is 1. The van der Waals surface area contributed by atoms with Gasteiger partial charge in [0.05, 0.1) is 11.3 Å². The highest BCUT2D eigenvalue weighted by Crippen LogP contribution is 2.34. The van der Waals surface area contributed by atoms with Gasteiger partial charge in [-0.2, -0.15) is 0 Å². The van der Waals surface area contributed by atoms with Crippen molar-refractivity contribution in [2.75, 3.05) is 6.26 Å². The van der Waals surface area contributed by atoms with E-state index in [0.29, 0.717) is 11.5 Å². The fourth-order valence-corrected chi connectivity index (χ4v) is 4.62. The van der Waals surface area contributed by atoms with Crippen molar-refractivity contribution >= 4 is 15.7 Å². The highest BCUT2D eigenvalue weighted by Gasteiger charge is 2.29. The SMILES string of the molecule is CS(=O)(=O)c1ccccc1CC(=O)NC1CCCC1c1ccccc1. The Bertz CT molecular complexity index is 846. The first-order chi connectivity index (χ1) is 11.9. The van der Waals surface area contributed by atoms with Crippen LogP contribution in [0.1, 0.15) is 36.3 Å². The highest BCUT2D eigenvalue weighted by atomic mass is 32.2. The maximum absolute atomic E-state index is 12.5. The topological polar surface area (TPSA) is 63.2 Å². The molecule has 5 heteroatoms. The molecule has 1 fully saturated rings. The molecule has 4 nitrogen and oxygen atoms in total. The first kappa shape index (κ1) is 17.7. The molecule has 0 saturated heterocycles. The summed E-state index contributed by atoms with van der Waals surface area (Å²) in [7, 11) is -3.34. The average Bonchev–Trinajstić information content (AvgIpc) is 3.03. The van der Waals surface area contributed by atoms with E-state index in [1.807, 2.05) is 18.2 Å². The van der Waals surface area contributed by atoms with Crippen LogP contribution < -0.4 is 5.32 Å². The molecule has 2 unspecified atom stereocenters. The lowest BCUT2D eigenvalue weighted by Gasteiger charge is -2.21. The fourth-order valence-electron chi connectivity index (χ4n) is 3.67. The third-order valence-corrected chi connectivity index (χ3v) is 6.01. The van der Waals surface area contributed by atoms with Crippen LogP contribution >= 0.6 is 0 Å². The van der Waals surface area contributed by atoms with Gasteiger partial charge in [-0.05, 0) is 30.0 Å². The zero-order valence-corrected chi connectivity index (χ0v) is 15.1. The number of benzene rings is 2. The van der Waals surface area contributed by atoms with E-state index in [1.165, 1.54) is 11.8 Å². The smallest absolute Gasteiger partial charge is 0.224 e. The Balaban J connectivity index is 1.71. The van der Waals surface area contributed by atoms with E-state index in [4.69, 9.17) is 0 Å². The van der Waals surface area contributed by atoms with Crippen LogP contribution in [0.15, 0.2) is 59.5 Å². The lowest BCUT2D eigenvalue weighted by molar-refractivity contribution is -0.121. The van der Waals surface area contributed by atoms with Gasteiger partial charge in [-0.25, -0.2) is 8.42 Å². The Morgan fingerprint density at radius 1 is 1.04 bits per heavy atom. The van der Waals surface area contributed by atoms with Gasteiger partial charge in [-0.15, -0.1) is 0 Å². The lowest BCUT2D eigenvalue weighted by Crippen LogP contribution is -2.37. The molecule has 2 aromatic carbocycles. The van der Waals surface area contributed by atoms with Gasteiger partial charge in [-0.3, -0.25) is 4.79 Å². The molecule has 1 aliphatic rings. The Morgan fingerprint density at radius 3 is 2.44 bits per heavy atom. The summed E-state index contributed by atoms with van der Waals surface area (Å²) in [5.41, 5.74) is 1.80. The molecule has 1 N–H and O–H groups in total. The minimum atomic E-state index is -3.34. The zero-order valence-electron chi connectivity index (χ0n) is 14.3. The minimum absolute atomic E-state index is 0.0846. The Kier molecular flexibility index (Phi) is 5.23. The summed E-state index contributed by atoms with van der Waals surface area (Å²) in [6.45, 7) is 0. The van der Waals surface area contributed by atoms with Crippen molar-refractivity contribution in [1.29, 1.82) is 0 Å². The van der Waals surface area contributed by atoms with Crippen molar-refractivity contribution in [1.82, 2.24) is 5.32 Å². The van der Waals surface area contributed by atoms with Gasteiger partial charge < -0.3 is 5.32 Å². The molecule has 0 spiro atoms. The molecule has 0 aliphatic heterocycles. The number of hydrogen-bond acceptors (Lipinski definition) is 3. The molecule has 1 saturated carbocycles. The van der Waals surface area contributed by atoms with Gasteiger partial charge in [0.1, 0.15) is 0 Å². The van der Waals surface area contributed by atoms with Crippen molar-refractivity contribution < 1.29 is 13.2 Å². The molecule has 132 valence electrons. The van der Waals surface area contributed by atoms with E-state index in [2.05, 4.69) is 17.4 Å². The van der Waals surface area contributed by atoms with Crippen molar-refractivity contribution in [3.05, 3.63) is 65.7 Å². The molecule has 1 aliphatic carbocycles. The molecule has 0 radical (unpaired) electrons. The van der Waals surface area contributed by atoms with Crippen LogP contribution in [-0.4, -0.2) is 26.6 Å². The molecule has 0 heterocycles. The predicted octanol–water partition coefficient (Wildman–Crippen LogP) is 3.09. The van der Waals surface area contributed by atoms with Gasteiger partial charge in [0, 0.05) is 18.2 Å². The van der Waals surface area contributed by atoms with E-state index in [9.17, 15) is 13.2 Å². The van der Waals surface area contributed by atoms with E-state index in [1.54, 1.807) is 24.3 Å². The normalized spacial score (nSPS) is 20.4. The summed E-state index contributed by atoms with van der Waals surface area (Å²) < 4.78 is 23.8. The maximum Gasteiger partial charge on any atom is 0.224 e. The second kappa shape index (κ2) is 7.40. The highest BCUT2D eigenvalue weighted by molar-refractivity contribution is 7.90. The van der Waals surface area contributed by atoms with E-state index in [0.717, 1.165) is 19.3 Å². The quantitative estimate of drug-likeness (QED) is 0.894. The first-order valence-corrected chi connectivity index (χ1v) is 10.5. The number of carbonyl (C=O) groups is 1. The maximum atomic E-state index is 12.5. The largest absolute Gasteiger partial charge is 0.352 e. The number of amides is 1. The van der Waals surface area contributed by atoms with E-state index in [-0.39, 0.29) is 23.3 Å². The van der Waals surface area contributed by atoms with Crippen LogP contribution in [0.5, 0.6) is 0 Å². The van der Waals surface area contributed by atoms with Gasteiger partial charge in [0.25, 0.3) is 0 Å². The summed E-state index contributed by atoms with van der Waals surface area (Å²) in [6, 6.07) is 17.1. The monoisotopic (exact) mass is 357 g/mol. The zero-order chi connectivity index (χ0) is 17.9. The molecule has 3 rings (SSSR count). The van der Waals surface area contributed by atoms with Crippen LogP contribution in [0.3, 0.4) is 0 Å². The van der Waals surface area contributed by atoms with Gasteiger partial charge in [0.15, 0.2) is 9.84 Å². The molecule has 25 heavy (non-hydrogen) atoms.